The topological polar surface area (TPSA) is 63.4 Å². The van der Waals surface area contributed by atoms with Gasteiger partial charge >= 0.3 is 0 Å². The van der Waals surface area contributed by atoms with E-state index in [4.69, 9.17) is 4.74 Å². The van der Waals surface area contributed by atoms with Crippen molar-refractivity contribution in [3.63, 3.8) is 0 Å². The highest BCUT2D eigenvalue weighted by molar-refractivity contribution is 5.55. The van der Waals surface area contributed by atoms with Gasteiger partial charge in [-0.3, -0.25) is 4.90 Å². The van der Waals surface area contributed by atoms with Gasteiger partial charge in [0.2, 0.25) is 0 Å². The molecule has 0 unspecified atom stereocenters. The molecule has 3 aromatic rings. The van der Waals surface area contributed by atoms with E-state index in [-0.39, 0.29) is 5.75 Å². The van der Waals surface area contributed by atoms with E-state index in [1.54, 1.807) is 13.2 Å². The molecule has 0 atom stereocenters. The zero-order chi connectivity index (χ0) is 17.9. The summed E-state index contributed by atoms with van der Waals surface area (Å²) in [4.78, 5) is 2.34. The van der Waals surface area contributed by atoms with Crippen molar-refractivity contribution in [1.82, 2.24) is 19.7 Å². The maximum atomic E-state index is 10.2. The third kappa shape index (κ3) is 3.28. The van der Waals surface area contributed by atoms with Gasteiger partial charge < -0.3 is 14.4 Å². The minimum Gasteiger partial charge on any atom is -0.507 e. The van der Waals surface area contributed by atoms with Crippen molar-refractivity contribution >= 4 is 0 Å². The van der Waals surface area contributed by atoms with E-state index in [1.807, 2.05) is 30.3 Å². The summed E-state index contributed by atoms with van der Waals surface area (Å²) >= 11 is 0. The van der Waals surface area contributed by atoms with Crippen LogP contribution in [0.5, 0.6) is 11.5 Å². The standard InChI is InChI=1S/C20H22N4O2/c1-26-17-8-7-16(18(25)13-17)14-23-10-9-19-21-22-20(24(19)12-11-23)15-5-3-2-4-6-15/h2-8,13,25H,9-12,14H2,1H3. The second kappa shape index (κ2) is 7.17. The fourth-order valence-electron chi connectivity index (χ4n) is 3.37. The number of methoxy groups -OCH3 is 1. The molecule has 0 saturated heterocycles. The van der Waals surface area contributed by atoms with Gasteiger partial charge in [0.05, 0.1) is 7.11 Å². The molecule has 0 saturated carbocycles. The molecule has 4 rings (SSSR count). The molecule has 0 bridgehead atoms. The quantitative estimate of drug-likeness (QED) is 0.784. The first kappa shape index (κ1) is 16.6. The molecule has 0 spiro atoms. The van der Waals surface area contributed by atoms with Crippen LogP contribution in [0.25, 0.3) is 11.4 Å². The Morgan fingerprint density at radius 2 is 1.88 bits per heavy atom. The predicted octanol–water partition coefficient (Wildman–Crippen LogP) is 2.72. The number of benzene rings is 2. The first-order valence-corrected chi connectivity index (χ1v) is 8.80. The van der Waals surface area contributed by atoms with E-state index in [0.29, 0.717) is 12.3 Å². The zero-order valence-corrected chi connectivity index (χ0v) is 14.8. The summed E-state index contributed by atoms with van der Waals surface area (Å²) < 4.78 is 7.37. The van der Waals surface area contributed by atoms with Crippen molar-refractivity contribution in [2.24, 2.45) is 0 Å². The molecule has 1 aromatic heterocycles. The molecule has 6 heteroatoms. The van der Waals surface area contributed by atoms with Gasteiger partial charge in [-0.2, -0.15) is 0 Å². The van der Waals surface area contributed by atoms with Crippen LogP contribution >= 0.6 is 0 Å². The molecule has 0 fully saturated rings. The number of hydrogen-bond acceptors (Lipinski definition) is 5. The molecular weight excluding hydrogens is 328 g/mol. The summed E-state index contributed by atoms with van der Waals surface area (Å²) in [5.74, 6) is 2.89. The number of phenols is 1. The molecule has 0 aliphatic carbocycles. The molecule has 6 nitrogen and oxygen atoms in total. The maximum absolute atomic E-state index is 10.2. The summed E-state index contributed by atoms with van der Waals surface area (Å²) in [6.45, 7) is 3.31. The number of hydrogen-bond donors (Lipinski definition) is 1. The van der Waals surface area contributed by atoms with Crippen molar-refractivity contribution in [3.05, 3.63) is 59.9 Å². The highest BCUT2D eigenvalue weighted by Crippen LogP contribution is 2.26. The maximum Gasteiger partial charge on any atom is 0.164 e. The average molecular weight is 350 g/mol. The van der Waals surface area contributed by atoms with Crippen LogP contribution in [0.1, 0.15) is 11.4 Å². The Bertz CT molecular complexity index is 892. The normalized spacial score (nSPS) is 14.7. The summed E-state index contributed by atoms with van der Waals surface area (Å²) in [6, 6.07) is 15.6. The van der Waals surface area contributed by atoms with Gasteiger partial charge in [0.15, 0.2) is 5.82 Å². The summed E-state index contributed by atoms with van der Waals surface area (Å²) in [5.41, 5.74) is 2.00. The van der Waals surface area contributed by atoms with E-state index in [1.165, 1.54) is 0 Å². The smallest absolute Gasteiger partial charge is 0.164 e. The lowest BCUT2D eigenvalue weighted by Crippen LogP contribution is -2.26. The Morgan fingerprint density at radius 1 is 1.04 bits per heavy atom. The lowest BCUT2D eigenvalue weighted by Gasteiger charge is -2.20. The molecule has 134 valence electrons. The Hall–Kier alpha value is -2.86. The molecular formula is C20H22N4O2. The fourth-order valence-corrected chi connectivity index (χ4v) is 3.37. The fraction of sp³-hybridized carbons (Fsp3) is 0.300. The van der Waals surface area contributed by atoms with Gasteiger partial charge in [0.1, 0.15) is 17.3 Å². The second-order valence-corrected chi connectivity index (χ2v) is 6.48. The predicted molar refractivity (Wildman–Crippen MR) is 99.1 cm³/mol. The summed E-state index contributed by atoms with van der Waals surface area (Å²) in [5, 5.41) is 19.0. The van der Waals surface area contributed by atoms with Crippen molar-refractivity contribution in [3.8, 4) is 22.9 Å². The van der Waals surface area contributed by atoms with Crippen LogP contribution in [0, 0.1) is 0 Å². The van der Waals surface area contributed by atoms with Crippen LogP contribution < -0.4 is 4.74 Å². The van der Waals surface area contributed by atoms with Crippen molar-refractivity contribution in [2.75, 3.05) is 20.2 Å². The number of fused-ring (bicyclic) bond motifs is 1. The second-order valence-electron chi connectivity index (χ2n) is 6.48. The van der Waals surface area contributed by atoms with Crippen LogP contribution in [0.2, 0.25) is 0 Å². The highest BCUT2D eigenvalue weighted by Gasteiger charge is 2.20. The zero-order valence-electron chi connectivity index (χ0n) is 14.8. The van der Waals surface area contributed by atoms with E-state index >= 15 is 0 Å². The third-order valence-electron chi connectivity index (χ3n) is 4.84. The van der Waals surface area contributed by atoms with Crippen molar-refractivity contribution in [2.45, 2.75) is 19.5 Å². The number of rotatable bonds is 4. The molecule has 2 aromatic carbocycles. The number of phenolic OH excluding ortho intramolecular Hbond substituents is 1. The molecule has 0 amide bonds. The van der Waals surface area contributed by atoms with Gasteiger partial charge in [0, 0.05) is 49.8 Å². The minimum absolute atomic E-state index is 0.276. The lowest BCUT2D eigenvalue weighted by atomic mass is 10.1. The van der Waals surface area contributed by atoms with Gasteiger partial charge in [-0.05, 0) is 6.07 Å². The van der Waals surface area contributed by atoms with Crippen LogP contribution in [0.15, 0.2) is 48.5 Å². The molecule has 1 aliphatic heterocycles. The molecule has 2 heterocycles. The Balaban J connectivity index is 1.50. The first-order chi connectivity index (χ1) is 12.7. The van der Waals surface area contributed by atoms with Crippen LogP contribution in [-0.2, 0) is 19.5 Å². The van der Waals surface area contributed by atoms with E-state index < -0.39 is 0 Å². The van der Waals surface area contributed by atoms with Crippen LogP contribution in [-0.4, -0.2) is 45.0 Å². The molecule has 26 heavy (non-hydrogen) atoms. The van der Waals surface area contributed by atoms with Crippen LogP contribution in [0.3, 0.4) is 0 Å². The van der Waals surface area contributed by atoms with Gasteiger partial charge in [-0.1, -0.05) is 36.4 Å². The molecule has 0 radical (unpaired) electrons. The van der Waals surface area contributed by atoms with Crippen molar-refractivity contribution < 1.29 is 9.84 Å². The van der Waals surface area contributed by atoms with E-state index in [9.17, 15) is 5.11 Å². The number of ether oxygens (including phenoxy) is 1. The first-order valence-electron chi connectivity index (χ1n) is 8.80. The van der Waals surface area contributed by atoms with Gasteiger partial charge in [-0.15, -0.1) is 10.2 Å². The third-order valence-corrected chi connectivity index (χ3v) is 4.84. The SMILES string of the molecule is COc1ccc(CN2CCc3nnc(-c4ccccc4)n3CC2)c(O)c1. The number of aromatic nitrogens is 3. The Kier molecular flexibility index (Phi) is 4.58. The summed E-state index contributed by atoms with van der Waals surface area (Å²) in [6.07, 6.45) is 0.844. The number of nitrogens with zero attached hydrogens (tertiary/aromatic N) is 4. The Morgan fingerprint density at radius 3 is 2.65 bits per heavy atom. The molecule has 1 aliphatic rings. The highest BCUT2D eigenvalue weighted by atomic mass is 16.5. The van der Waals surface area contributed by atoms with Gasteiger partial charge in [-0.25, -0.2) is 0 Å². The summed E-state index contributed by atoms with van der Waals surface area (Å²) in [7, 11) is 1.60. The van der Waals surface area contributed by atoms with E-state index in [0.717, 1.165) is 48.8 Å². The lowest BCUT2D eigenvalue weighted by molar-refractivity contribution is 0.267. The monoisotopic (exact) mass is 350 g/mol. The molecule has 1 N–H and O–H groups in total. The Labute approximate surface area is 152 Å². The largest absolute Gasteiger partial charge is 0.507 e. The van der Waals surface area contributed by atoms with Crippen molar-refractivity contribution in [1.29, 1.82) is 0 Å². The average Bonchev–Trinajstić information content (AvgIpc) is 2.98. The minimum atomic E-state index is 0.276. The number of aromatic hydroxyl groups is 1. The van der Waals surface area contributed by atoms with Crippen LogP contribution in [0.4, 0.5) is 0 Å². The van der Waals surface area contributed by atoms with Gasteiger partial charge in [0.25, 0.3) is 0 Å². The van der Waals surface area contributed by atoms with E-state index in [2.05, 4.69) is 31.8 Å².